The lowest BCUT2D eigenvalue weighted by molar-refractivity contribution is -0.384. The van der Waals surface area contributed by atoms with Gasteiger partial charge in [0.05, 0.1) is 4.92 Å². The number of hydrogen-bond donors (Lipinski definition) is 0. The van der Waals surface area contributed by atoms with Crippen LogP contribution in [-0.4, -0.2) is 23.0 Å². The Labute approximate surface area is 138 Å². The molecule has 0 N–H and O–H groups in total. The first-order chi connectivity index (χ1) is 11.6. The van der Waals surface area contributed by atoms with Crippen molar-refractivity contribution in [3.63, 3.8) is 0 Å². The Hall–Kier alpha value is -2.73. The van der Waals surface area contributed by atoms with Crippen LogP contribution in [0.1, 0.15) is 24.4 Å². The second-order valence-electron chi connectivity index (χ2n) is 6.10. The standard InChI is InChI=1S/C18H16N2O4/c21-17-18(11-4-12-24-18)16(13-5-2-1-3-6-13)19(17)14-7-9-15(10-8-14)20(22)23/h1-3,5-10,16H,4,11-12H2/t16-,18-/m1/s1. The summed E-state index contributed by atoms with van der Waals surface area (Å²) in [6, 6.07) is 15.7. The van der Waals surface area contributed by atoms with Crippen LogP contribution in [-0.2, 0) is 9.53 Å². The van der Waals surface area contributed by atoms with E-state index in [0.717, 1.165) is 12.0 Å². The van der Waals surface area contributed by atoms with E-state index in [1.165, 1.54) is 12.1 Å². The zero-order chi connectivity index (χ0) is 16.7. The summed E-state index contributed by atoms with van der Waals surface area (Å²) in [6.07, 6.45) is 1.57. The number of β-lactam (4-membered cyclic amide) rings is 1. The van der Waals surface area contributed by atoms with Crippen LogP contribution < -0.4 is 4.90 Å². The SMILES string of the molecule is O=C1N(c2ccc([N+](=O)[O-])cc2)[C@H](c2ccccc2)[C@]12CCCO2. The lowest BCUT2D eigenvalue weighted by Crippen LogP contribution is -2.68. The molecule has 24 heavy (non-hydrogen) atoms. The average molecular weight is 324 g/mol. The zero-order valence-corrected chi connectivity index (χ0v) is 12.9. The molecule has 2 fully saturated rings. The molecule has 2 aliphatic heterocycles. The highest BCUT2D eigenvalue weighted by molar-refractivity contribution is 6.08. The molecule has 2 aromatic rings. The first kappa shape index (κ1) is 14.8. The van der Waals surface area contributed by atoms with E-state index in [0.29, 0.717) is 18.7 Å². The van der Waals surface area contributed by atoms with E-state index in [4.69, 9.17) is 4.74 Å². The fourth-order valence-corrected chi connectivity index (χ4v) is 3.68. The number of benzene rings is 2. The van der Waals surface area contributed by atoms with Crippen LogP contribution in [0.15, 0.2) is 54.6 Å². The molecular formula is C18H16N2O4. The van der Waals surface area contributed by atoms with Crippen LogP contribution in [0.4, 0.5) is 11.4 Å². The molecule has 0 bridgehead atoms. The summed E-state index contributed by atoms with van der Waals surface area (Å²) in [5.41, 5.74) is 0.885. The minimum Gasteiger partial charge on any atom is -0.363 e. The molecule has 1 spiro atoms. The van der Waals surface area contributed by atoms with Crippen LogP contribution in [0.2, 0.25) is 0 Å². The molecule has 0 saturated carbocycles. The normalized spacial score (nSPS) is 25.8. The van der Waals surface area contributed by atoms with Crippen molar-refractivity contribution in [2.45, 2.75) is 24.5 Å². The third kappa shape index (κ3) is 2.03. The Morgan fingerprint density at radius 2 is 1.83 bits per heavy atom. The van der Waals surface area contributed by atoms with Crippen molar-refractivity contribution in [3.8, 4) is 0 Å². The Bertz CT molecular complexity index is 782. The van der Waals surface area contributed by atoms with Gasteiger partial charge in [-0.05, 0) is 30.5 Å². The van der Waals surface area contributed by atoms with E-state index in [2.05, 4.69) is 0 Å². The van der Waals surface area contributed by atoms with Gasteiger partial charge in [-0.3, -0.25) is 19.8 Å². The van der Waals surface area contributed by atoms with Gasteiger partial charge in [-0.1, -0.05) is 30.3 Å². The summed E-state index contributed by atoms with van der Waals surface area (Å²) in [7, 11) is 0. The first-order valence-electron chi connectivity index (χ1n) is 7.90. The van der Waals surface area contributed by atoms with Gasteiger partial charge < -0.3 is 4.74 Å². The van der Waals surface area contributed by atoms with Crippen molar-refractivity contribution < 1.29 is 14.5 Å². The number of anilines is 1. The maximum absolute atomic E-state index is 12.9. The van der Waals surface area contributed by atoms with E-state index in [9.17, 15) is 14.9 Å². The molecule has 6 nitrogen and oxygen atoms in total. The zero-order valence-electron chi connectivity index (χ0n) is 12.9. The molecule has 1 amide bonds. The molecule has 2 saturated heterocycles. The summed E-state index contributed by atoms with van der Waals surface area (Å²) in [6.45, 7) is 0.586. The third-order valence-electron chi connectivity index (χ3n) is 4.79. The highest BCUT2D eigenvalue weighted by atomic mass is 16.6. The lowest BCUT2D eigenvalue weighted by Gasteiger charge is -2.53. The van der Waals surface area contributed by atoms with Crippen molar-refractivity contribution in [1.29, 1.82) is 0 Å². The number of carbonyl (C=O) groups excluding carboxylic acids is 1. The smallest absolute Gasteiger partial charge is 0.269 e. The van der Waals surface area contributed by atoms with Crippen molar-refractivity contribution in [3.05, 3.63) is 70.3 Å². The summed E-state index contributed by atoms with van der Waals surface area (Å²) < 4.78 is 5.87. The first-order valence-corrected chi connectivity index (χ1v) is 7.90. The highest BCUT2D eigenvalue weighted by Crippen LogP contribution is 2.52. The number of non-ortho nitro benzene ring substituents is 1. The maximum atomic E-state index is 12.9. The minimum absolute atomic E-state index is 0.00909. The monoisotopic (exact) mass is 324 g/mol. The van der Waals surface area contributed by atoms with Gasteiger partial charge >= 0.3 is 0 Å². The number of nitrogens with zero attached hydrogens (tertiary/aromatic N) is 2. The topological polar surface area (TPSA) is 72.7 Å². The Morgan fingerprint density at radius 1 is 1.12 bits per heavy atom. The van der Waals surface area contributed by atoms with E-state index < -0.39 is 10.5 Å². The molecule has 0 radical (unpaired) electrons. The second-order valence-corrected chi connectivity index (χ2v) is 6.10. The number of nitro benzene ring substituents is 1. The lowest BCUT2D eigenvalue weighted by atomic mass is 9.75. The van der Waals surface area contributed by atoms with Gasteiger partial charge in [0, 0.05) is 24.4 Å². The fraction of sp³-hybridized carbons (Fsp3) is 0.278. The highest BCUT2D eigenvalue weighted by Gasteiger charge is 2.64. The van der Waals surface area contributed by atoms with Gasteiger partial charge in [-0.25, -0.2) is 0 Å². The molecule has 0 unspecified atom stereocenters. The quantitative estimate of drug-likeness (QED) is 0.493. The fourth-order valence-electron chi connectivity index (χ4n) is 3.68. The van der Waals surface area contributed by atoms with Gasteiger partial charge in [-0.2, -0.15) is 0 Å². The second kappa shape index (κ2) is 5.42. The van der Waals surface area contributed by atoms with Crippen molar-refractivity contribution >= 4 is 17.3 Å². The van der Waals surface area contributed by atoms with Gasteiger partial charge in [0.1, 0.15) is 6.04 Å². The molecule has 2 heterocycles. The number of hydrogen-bond acceptors (Lipinski definition) is 4. The number of ether oxygens (including phenoxy) is 1. The van der Waals surface area contributed by atoms with E-state index in [1.807, 2.05) is 30.3 Å². The largest absolute Gasteiger partial charge is 0.363 e. The minimum atomic E-state index is -0.789. The van der Waals surface area contributed by atoms with Crippen molar-refractivity contribution in [2.75, 3.05) is 11.5 Å². The summed E-state index contributed by atoms with van der Waals surface area (Å²) in [4.78, 5) is 24.9. The van der Waals surface area contributed by atoms with E-state index in [1.54, 1.807) is 17.0 Å². The van der Waals surface area contributed by atoms with Crippen LogP contribution in [0.3, 0.4) is 0 Å². The summed E-state index contributed by atoms with van der Waals surface area (Å²) >= 11 is 0. The van der Waals surface area contributed by atoms with E-state index in [-0.39, 0.29) is 17.6 Å². The molecular weight excluding hydrogens is 308 g/mol. The van der Waals surface area contributed by atoms with Gasteiger partial charge in [-0.15, -0.1) is 0 Å². The van der Waals surface area contributed by atoms with Crippen molar-refractivity contribution in [1.82, 2.24) is 0 Å². The van der Waals surface area contributed by atoms with Crippen LogP contribution in [0.5, 0.6) is 0 Å². The van der Waals surface area contributed by atoms with Gasteiger partial charge in [0.15, 0.2) is 5.60 Å². The summed E-state index contributed by atoms with van der Waals surface area (Å²) in [5, 5.41) is 10.8. The van der Waals surface area contributed by atoms with Gasteiger partial charge in [0.25, 0.3) is 11.6 Å². The predicted molar refractivity (Wildman–Crippen MR) is 87.7 cm³/mol. The van der Waals surface area contributed by atoms with Gasteiger partial charge in [0.2, 0.25) is 0 Å². The van der Waals surface area contributed by atoms with Crippen LogP contribution >= 0.6 is 0 Å². The Morgan fingerprint density at radius 3 is 2.42 bits per heavy atom. The van der Waals surface area contributed by atoms with E-state index >= 15 is 0 Å². The van der Waals surface area contributed by atoms with Crippen molar-refractivity contribution in [2.24, 2.45) is 0 Å². The molecule has 2 aromatic carbocycles. The Kier molecular flexibility index (Phi) is 3.35. The van der Waals surface area contributed by atoms with Crippen LogP contribution in [0, 0.1) is 10.1 Å². The number of amides is 1. The summed E-state index contributed by atoms with van der Waals surface area (Å²) in [5.74, 6) is -0.0669. The molecule has 4 rings (SSSR count). The molecule has 0 aliphatic carbocycles. The molecule has 2 atom stereocenters. The number of rotatable bonds is 3. The third-order valence-corrected chi connectivity index (χ3v) is 4.79. The molecule has 2 aliphatic rings. The maximum Gasteiger partial charge on any atom is 0.269 e. The average Bonchev–Trinajstić information content (AvgIpc) is 3.12. The number of carbonyl (C=O) groups is 1. The molecule has 6 heteroatoms. The van der Waals surface area contributed by atoms with Crippen LogP contribution in [0.25, 0.3) is 0 Å². The number of nitro groups is 1. The predicted octanol–water partition coefficient (Wildman–Crippen LogP) is 3.23. The Balaban J connectivity index is 1.74. The molecule has 122 valence electrons. The molecule has 0 aromatic heterocycles.